The molecule has 11 heteroatoms. The fraction of sp³-hybridized carbons (Fsp3) is 0.474. The zero-order chi connectivity index (χ0) is 21.9. The molecule has 4 N–H and O–H groups in total. The molecule has 2 amide bonds. The summed E-state index contributed by atoms with van der Waals surface area (Å²) in [4.78, 5) is 24.7. The number of benzene rings is 1. The standard InChI is InChI=1S/C19H24ClN3O6S/c20-15-4-2-1-3-14(15)13-5-8-21-16(11-13)30(28,29)12-19(17(24)22-27)6-9-23(10-7-19)18(25)26/h1-5,16,21,27H,6-12H2,(H,22,24)(H,25,26). The van der Waals surface area contributed by atoms with Crippen molar-refractivity contribution >= 4 is 39.0 Å². The lowest BCUT2D eigenvalue weighted by Crippen LogP contribution is -2.54. The van der Waals surface area contributed by atoms with Gasteiger partial charge in [-0.1, -0.05) is 35.9 Å². The monoisotopic (exact) mass is 457 g/mol. The van der Waals surface area contributed by atoms with E-state index in [4.69, 9.17) is 16.7 Å². The molecule has 2 aliphatic rings. The van der Waals surface area contributed by atoms with Crippen LogP contribution in [-0.4, -0.2) is 66.4 Å². The van der Waals surface area contributed by atoms with Gasteiger partial charge in [-0.2, -0.15) is 0 Å². The van der Waals surface area contributed by atoms with E-state index in [2.05, 4.69) is 5.32 Å². The quantitative estimate of drug-likeness (QED) is 0.390. The average molecular weight is 458 g/mol. The predicted octanol–water partition coefficient (Wildman–Crippen LogP) is 1.72. The maximum Gasteiger partial charge on any atom is 0.407 e. The summed E-state index contributed by atoms with van der Waals surface area (Å²) in [5.74, 6) is -1.30. The zero-order valence-electron chi connectivity index (χ0n) is 16.2. The van der Waals surface area contributed by atoms with E-state index in [0.717, 1.165) is 16.0 Å². The van der Waals surface area contributed by atoms with Crippen LogP contribution >= 0.6 is 11.6 Å². The van der Waals surface area contributed by atoms with Gasteiger partial charge in [0.1, 0.15) is 5.37 Å². The lowest BCUT2D eigenvalue weighted by atomic mass is 9.79. The summed E-state index contributed by atoms with van der Waals surface area (Å²) < 4.78 is 26.5. The first-order valence-electron chi connectivity index (χ1n) is 9.50. The normalized spacial score (nSPS) is 21.6. The van der Waals surface area contributed by atoms with Gasteiger partial charge in [-0.05, 0) is 30.0 Å². The number of carboxylic acid groups (broad SMARTS) is 1. The van der Waals surface area contributed by atoms with Gasteiger partial charge >= 0.3 is 6.09 Å². The van der Waals surface area contributed by atoms with Gasteiger partial charge < -0.3 is 10.0 Å². The molecule has 0 radical (unpaired) electrons. The van der Waals surface area contributed by atoms with Gasteiger partial charge in [0.25, 0.3) is 5.91 Å². The van der Waals surface area contributed by atoms with Gasteiger partial charge in [0, 0.05) is 31.1 Å². The van der Waals surface area contributed by atoms with Gasteiger partial charge in [-0.15, -0.1) is 0 Å². The maximum absolute atomic E-state index is 13.2. The highest BCUT2D eigenvalue weighted by atomic mass is 35.5. The Morgan fingerprint density at radius 3 is 2.53 bits per heavy atom. The average Bonchev–Trinajstić information content (AvgIpc) is 2.73. The molecule has 0 aromatic heterocycles. The topological polar surface area (TPSA) is 136 Å². The number of nitrogens with one attached hydrogen (secondary N) is 2. The van der Waals surface area contributed by atoms with Crippen LogP contribution in [0.4, 0.5) is 4.79 Å². The molecule has 2 aliphatic heterocycles. The maximum atomic E-state index is 13.2. The largest absolute Gasteiger partial charge is 0.465 e. The van der Waals surface area contributed by atoms with Crippen molar-refractivity contribution in [1.29, 1.82) is 0 Å². The van der Waals surface area contributed by atoms with Crippen molar-refractivity contribution in [3.05, 3.63) is 40.9 Å². The molecular formula is C19H24ClN3O6S. The van der Waals surface area contributed by atoms with Crippen molar-refractivity contribution < 1.29 is 28.3 Å². The molecule has 1 fully saturated rings. The van der Waals surface area contributed by atoms with Gasteiger partial charge in [0.05, 0.1) is 11.2 Å². The number of piperidine rings is 1. The number of amides is 2. The molecule has 3 rings (SSSR count). The van der Waals surface area contributed by atoms with Crippen molar-refractivity contribution in [2.24, 2.45) is 5.41 Å². The molecule has 0 spiro atoms. The number of hydrogen-bond acceptors (Lipinski definition) is 6. The number of hydrogen-bond donors (Lipinski definition) is 4. The fourth-order valence-corrected chi connectivity index (χ4v) is 6.46. The van der Waals surface area contributed by atoms with Gasteiger partial charge in [-0.25, -0.2) is 18.7 Å². The molecular weight excluding hydrogens is 434 g/mol. The van der Waals surface area contributed by atoms with Gasteiger partial charge in [0.2, 0.25) is 0 Å². The second-order valence-electron chi connectivity index (χ2n) is 7.61. The Bertz CT molecular complexity index is 957. The molecule has 30 heavy (non-hydrogen) atoms. The Morgan fingerprint density at radius 2 is 1.93 bits per heavy atom. The number of hydroxylamine groups is 1. The third-order valence-corrected chi connectivity index (χ3v) is 8.29. The summed E-state index contributed by atoms with van der Waals surface area (Å²) in [6.07, 6.45) is 0.952. The number of nitrogens with zero attached hydrogens (tertiary/aromatic N) is 1. The van der Waals surface area contributed by atoms with Crippen LogP contribution in [0.25, 0.3) is 5.57 Å². The van der Waals surface area contributed by atoms with Crippen LogP contribution in [0, 0.1) is 5.41 Å². The van der Waals surface area contributed by atoms with Gasteiger partial charge in [-0.3, -0.25) is 15.3 Å². The number of likely N-dealkylation sites (tertiary alicyclic amines) is 1. The van der Waals surface area contributed by atoms with Crippen molar-refractivity contribution in [3.8, 4) is 0 Å². The van der Waals surface area contributed by atoms with E-state index >= 15 is 0 Å². The third-order valence-electron chi connectivity index (χ3n) is 5.80. The summed E-state index contributed by atoms with van der Waals surface area (Å²) in [6, 6.07) is 7.18. The molecule has 0 aliphatic carbocycles. The fourth-order valence-electron chi connectivity index (χ4n) is 4.03. The lowest BCUT2D eigenvalue weighted by molar-refractivity contribution is -0.141. The first-order valence-corrected chi connectivity index (χ1v) is 11.6. The van der Waals surface area contributed by atoms with E-state index in [0.29, 0.717) is 11.6 Å². The van der Waals surface area contributed by atoms with Crippen LogP contribution in [-0.2, 0) is 14.6 Å². The second-order valence-corrected chi connectivity index (χ2v) is 10.2. The number of carbonyl (C=O) groups is 2. The predicted molar refractivity (Wildman–Crippen MR) is 111 cm³/mol. The molecule has 1 atom stereocenters. The van der Waals surface area contributed by atoms with E-state index in [1.165, 1.54) is 0 Å². The first-order chi connectivity index (χ1) is 14.2. The first kappa shape index (κ1) is 22.5. The van der Waals surface area contributed by atoms with E-state index in [-0.39, 0.29) is 32.4 Å². The molecule has 1 unspecified atom stereocenters. The summed E-state index contributed by atoms with van der Waals surface area (Å²) in [6.45, 7) is 0.360. The summed E-state index contributed by atoms with van der Waals surface area (Å²) in [5, 5.41) is 20.9. The Balaban J connectivity index is 1.80. The Kier molecular flexibility index (Phi) is 6.71. The number of halogens is 1. The highest BCUT2D eigenvalue weighted by molar-refractivity contribution is 7.92. The Labute approximate surface area is 179 Å². The smallest absolute Gasteiger partial charge is 0.407 e. The molecule has 164 valence electrons. The lowest BCUT2D eigenvalue weighted by Gasteiger charge is -2.39. The van der Waals surface area contributed by atoms with Crippen molar-refractivity contribution in [2.45, 2.75) is 24.6 Å². The highest BCUT2D eigenvalue weighted by Gasteiger charge is 2.47. The highest BCUT2D eigenvalue weighted by Crippen LogP contribution is 2.36. The van der Waals surface area contributed by atoms with Crippen molar-refractivity contribution in [3.63, 3.8) is 0 Å². The molecule has 1 aromatic rings. The molecule has 2 heterocycles. The van der Waals surface area contributed by atoms with Crippen molar-refractivity contribution in [1.82, 2.24) is 15.7 Å². The van der Waals surface area contributed by atoms with Crippen LogP contribution in [0.2, 0.25) is 5.02 Å². The molecule has 1 aromatic carbocycles. The summed E-state index contributed by atoms with van der Waals surface area (Å²) in [5.41, 5.74) is 1.74. The van der Waals surface area contributed by atoms with E-state index in [9.17, 15) is 23.2 Å². The molecule has 0 bridgehead atoms. The number of sulfone groups is 1. The minimum Gasteiger partial charge on any atom is -0.465 e. The second kappa shape index (κ2) is 8.93. The van der Waals surface area contributed by atoms with E-state index < -0.39 is 38.4 Å². The molecule has 9 nitrogen and oxygen atoms in total. The van der Waals surface area contributed by atoms with Crippen LogP contribution in [0.3, 0.4) is 0 Å². The van der Waals surface area contributed by atoms with Crippen LogP contribution in [0.15, 0.2) is 30.3 Å². The SMILES string of the molecule is O=C(O)N1CCC(CS(=O)(=O)C2CC(c3ccccc3Cl)=CCN2)(C(=O)NO)CC1. The zero-order valence-corrected chi connectivity index (χ0v) is 17.7. The number of carbonyl (C=O) groups excluding carboxylic acids is 1. The summed E-state index contributed by atoms with van der Waals surface area (Å²) in [7, 11) is -3.82. The Morgan fingerprint density at radius 1 is 1.27 bits per heavy atom. The minimum atomic E-state index is -3.82. The third kappa shape index (κ3) is 4.61. The van der Waals surface area contributed by atoms with Crippen LogP contribution < -0.4 is 10.8 Å². The van der Waals surface area contributed by atoms with Crippen LogP contribution in [0.1, 0.15) is 24.8 Å². The summed E-state index contributed by atoms with van der Waals surface area (Å²) >= 11 is 6.25. The Hall–Kier alpha value is -2.14. The van der Waals surface area contributed by atoms with Crippen molar-refractivity contribution in [2.75, 3.05) is 25.4 Å². The minimum absolute atomic E-state index is 0.00481. The van der Waals surface area contributed by atoms with E-state index in [1.807, 2.05) is 18.2 Å². The van der Waals surface area contributed by atoms with E-state index in [1.54, 1.807) is 17.6 Å². The molecule has 1 saturated heterocycles. The number of rotatable bonds is 5. The molecule has 0 saturated carbocycles. The van der Waals surface area contributed by atoms with Gasteiger partial charge in [0.15, 0.2) is 9.84 Å². The van der Waals surface area contributed by atoms with Crippen LogP contribution in [0.5, 0.6) is 0 Å².